The second-order valence-corrected chi connectivity index (χ2v) is 5.99. The standard InChI is InChI=1S/C14H18N2OS/c17-14(6-5-12-4-2-8-18-12)16-7-1-3-11-9-15-10-13(11)16/h2,4-6,8,11,13,15H,1,3,7,9-10H2/b6-5+. The summed E-state index contributed by atoms with van der Waals surface area (Å²) in [6.45, 7) is 2.95. The van der Waals surface area contributed by atoms with Gasteiger partial charge in [-0.2, -0.15) is 0 Å². The van der Waals surface area contributed by atoms with Crippen molar-refractivity contribution in [3.05, 3.63) is 28.5 Å². The molecule has 2 aliphatic heterocycles. The molecule has 2 atom stereocenters. The fraction of sp³-hybridized carbons (Fsp3) is 0.500. The summed E-state index contributed by atoms with van der Waals surface area (Å²) in [6.07, 6.45) is 6.06. The van der Waals surface area contributed by atoms with Crippen LogP contribution >= 0.6 is 11.3 Å². The maximum Gasteiger partial charge on any atom is 0.246 e. The molecular weight excluding hydrogens is 244 g/mol. The Hall–Kier alpha value is -1.13. The number of amides is 1. The van der Waals surface area contributed by atoms with E-state index < -0.39 is 0 Å². The number of hydrogen-bond acceptors (Lipinski definition) is 3. The van der Waals surface area contributed by atoms with E-state index in [4.69, 9.17) is 0 Å². The van der Waals surface area contributed by atoms with Crippen molar-refractivity contribution in [1.29, 1.82) is 0 Å². The Bertz CT molecular complexity index is 441. The van der Waals surface area contributed by atoms with E-state index in [0.29, 0.717) is 12.0 Å². The first kappa shape index (κ1) is 11.9. The SMILES string of the molecule is O=C(/C=C/c1cccs1)N1CCCC2CNCC21. The van der Waals surface area contributed by atoms with Crippen LogP contribution in [0.1, 0.15) is 17.7 Å². The lowest BCUT2D eigenvalue weighted by Crippen LogP contribution is -2.47. The van der Waals surface area contributed by atoms with E-state index >= 15 is 0 Å². The third-order valence-corrected chi connectivity index (χ3v) is 4.73. The predicted molar refractivity (Wildman–Crippen MR) is 74.4 cm³/mol. The maximum atomic E-state index is 12.3. The second kappa shape index (κ2) is 5.24. The molecule has 18 heavy (non-hydrogen) atoms. The number of fused-ring (bicyclic) bond motifs is 1. The summed E-state index contributed by atoms with van der Waals surface area (Å²) in [5.41, 5.74) is 0. The quantitative estimate of drug-likeness (QED) is 0.827. The van der Waals surface area contributed by atoms with Crippen molar-refractivity contribution >= 4 is 23.3 Å². The smallest absolute Gasteiger partial charge is 0.246 e. The molecule has 0 bridgehead atoms. The van der Waals surface area contributed by atoms with Crippen LogP contribution in [0.2, 0.25) is 0 Å². The van der Waals surface area contributed by atoms with Gasteiger partial charge in [0.2, 0.25) is 5.91 Å². The summed E-state index contributed by atoms with van der Waals surface area (Å²) < 4.78 is 0. The van der Waals surface area contributed by atoms with Crippen molar-refractivity contribution in [2.45, 2.75) is 18.9 Å². The van der Waals surface area contributed by atoms with E-state index in [1.165, 1.54) is 6.42 Å². The largest absolute Gasteiger partial charge is 0.335 e. The maximum absolute atomic E-state index is 12.3. The lowest BCUT2D eigenvalue weighted by molar-refractivity contribution is -0.130. The highest BCUT2D eigenvalue weighted by Crippen LogP contribution is 2.26. The predicted octanol–water partition coefficient (Wildman–Crippen LogP) is 1.97. The molecule has 96 valence electrons. The van der Waals surface area contributed by atoms with Gasteiger partial charge in [-0.3, -0.25) is 4.79 Å². The van der Waals surface area contributed by atoms with Gasteiger partial charge in [0.1, 0.15) is 0 Å². The molecule has 3 nitrogen and oxygen atoms in total. The van der Waals surface area contributed by atoms with Crippen LogP contribution in [0.3, 0.4) is 0 Å². The molecule has 0 aromatic carbocycles. The monoisotopic (exact) mass is 262 g/mol. The lowest BCUT2D eigenvalue weighted by Gasteiger charge is -2.36. The number of hydrogen-bond donors (Lipinski definition) is 1. The van der Waals surface area contributed by atoms with Crippen LogP contribution in [0.15, 0.2) is 23.6 Å². The Morgan fingerprint density at radius 1 is 1.50 bits per heavy atom. The van der Waals surface area contributed by atoms with Crippen LogP contribution in [0, 0.1) is 5.92 Å². The van der Waals surface area contributed by atoms with Gasteiger partial charge in [0.05, 0.1) is 0 Å². The number of nitrogens with one attached hydrogen (secondary N) is 1. The number of likely N-dealkylation sites (tertiary alicyclic amines) is 1. The molecule has 0 aliphatic carbocycles. The van der Waals surface area contributed by atoms with Gasteiger partial charge in [0.25, 0.3) is 0 Å². The van der Waals surface area contributed by atoms with Crippen molar-refractivity contribution in [2.24, 2.45) is 5.92 Å². The molecule has 2 saturated heterocycles. The molecule has 1 N–H and O–H groups in total. The van der Waals surface area contributed by atoms with E-state index in [0.717, 1.165) is 30.9 Å². The van der Waals surface area contributed by atoms with Gasteiger partial charge < -0.3 is 10.2 Å². The molecule has 4 heteroatoms. The summed E-state index contributed by atoms with van der Waals surface area (Å²) in [6, 6.07) is 4.45. The van der Waals surface area contributed by atoms with E-state index in [-0.39, 0.29) is 5.91 Å². The van der Waals surface area contributed by atoms with Gasteiger partial charge in [-0.1, -0.05) is 6.07 Å². The van der Waals surface area contributed by atoms with Crippen molar-refractivity contribution in [1.82, 2.24) is 10.2 Å². The highest BCUT2D eigenvalue weighted by atomic mass is 32.1. The molecular formula is C14H18N2OS. The highest BCUT2D eigenvalue weighted by Gasteiger charge is 2.36. The number of rotatable bonds is 2. The van der Waals surface area contributed by atoms with Gasteiger partial charge in [0.15, 0.2) is 0 Å². The van der Waals surface area contributed by atoms with Crippen molar-refractivity contribution < 1.29 is 4.79 Å². The van der Waals surface area contributed by atoms with E-state index in [2.05, 4.69) is 10.2 Å². The highest BCUT2D eigenvalue weighted by molar-refractivity contribution is 7.10. The number of carbonyl (C=O) groups excluding carboxylic acids is 1. The molecule has 1 aromatic heterocycles. The molecule has 3 rings (SSSR count). The van der Waals surface area contributed by atoms with E-state index in [9.17, 15) is 4.79 Å². The minimum absolute atomic E-state index is 0.168. The average molecular weight is 262 g/mol. The van der Waals surface area contributed by atoms with E-state index in [1.807, 2.05) is 23.6 Å². The van der Waals surface area contributed by atoms with Crippen molar-refractivity contribution in [3.63, 3.8) is 0 Å². The second-order valence-electron chi connectivity index (χ2n) is 5.01. The molecule has 2 fully saturated rings. The lowest BCUT2D eigenvalue weighted by atomic mass is 9.92. The van der Waals surface area contributed by atoms with Crippen LogP contribution in [-0.2, 0) is 4.79 Å². The van der Waals surface area contributed by atoms with Crippen LogP contribution in [0.5, 0.6) is 0 Å². The van der Waals surface area contributed by atoms with Crippen molar-refractivity contribution in [3.8, 4) is 0 Å². The summed E-state index contributed by atoms with van der Waals surface area (Å²) >= 11 is 1.66. The van der Waals surface area contributed by atoms with Gasteiger partial charge in [-0.15, -0.1) is 11.3 Å². The molecule has 2 unspecified atom stereocenters. The molecule has 2 aliphatic rings. The van der Waals surface area contributed by atoms with Crippen LogP contribution in [-0.4, -0.2) is 36.5 Å². The summed E-state index contributed by atoms with van der Waals surface area (Å²) in [7, 11) is 0. The van der Waals surface area contributed by atoms with Crippen LogP contribution in [0.4, 0.5) is 0 Å². The number of thiophene rings is 1. The first-order chi connectivity index (χ1) is 8.84. The average Bonchev–Trinajstić information content (AvgIpc) is 3.05. The number of piperidine rings is 1. The molecule has 0 radical (unpaired) electrons. The first-order valence-corrected chi connectivity index (χ1v) is 7.45. The number of carbonyl (C=O) groups is 1. The van der Waals surface area contributed by atoms with Crippen LogP contribution < -0.4 is 5.32 Å². The van der Waals surface area contributed by atoms with E-state index in [1.54, 1.807) is 17.4 Å². The third-order valence-electron chi connectivity index (χ3n) is 3.89. The van der Waals surface area contributed by atoms with Gasteiger partial charge in [-0.25, -0.2) is 0 Å². The first-order valence-electron chi connectivity index (χ1n) is 6.57. The van der Waals surface area contributed by atoms with Crippen LogP contribution in [0.25, 0.3) is 6.08 Å². The Morgan fingerprint density at radius 3 is 3.28 bits per heavy atom. The Labute approximate surface area is 111 Å². The Morgan fingerprint density at radius 2 is 2.44 bits per heavy atom. The van der Waals surface area contributed by atoms with Gasteiger partial charge >= 0.3 is 0 Å². The zero-order valence-corrected chi connectivity index (χ0v) is 11.2. The minimum atomic E-state index is 0.168. The summed E-state index contributed by atoms with van der Waals surface area (Å²) in [5.74, 6) is 0.833. The number of nitrogens with zero attached hydrogens (tertiary/aromatic N) is 1. The normalized spacial score (nSPS) is 27.7. The molecule has 3 heterocycles. The Balaban J connectivity index is 1.68. The zero-order valence-electron chi connectivity index (χ0n) is 10.3. The topological polar surface area (TPSA) is 32.3 Å². The molecule has 0 saturated carbocycles. The molecule has 0 spiro atoms. The summed E-state index contributed by atoms with van der Waals surface area (Å²) in [4.78, 5) is 15.4. The molecule has 1 amide bonds. The third kappa shape index (κ3) is 2.35. The van der Waals surface area contributed by atoms with Gasteiger partial charge in [-0.05, 0) is 36.3 Å². The summed E-state index contributed by atoms with van der Waals surface area (Å²) in [5, 5.41) is 5.43. The van der Waals surface area contributed by atoms with Gasteiger partial charge in [0, 0.05) is 36.6 Å². The fourth-order valence-electron chi connectivity index (χ4n) is 2.98. The zero-order chi connectivity index (χ0) is 12.4. The van der Waals surface area contributed by atoms with Crippen molar-refractivity contribution in [2.75, 3.05) is 19.6 Å². The fourth-order valence-corrected chi connectivity index (χ4v) is 3.59. The molecule has 1 aromatic rings. The minimum Gasteiger partial charge on any atom is -0.335 e. The Kier molecular flexibility index (Phi) is 3.48.